The maximum absolute atomic E-state index is 12.8. The van der Waals surface area contributed by atoms with Gasteiger partial charge >= 0.3 is 5.97 Å². The number of rotatable bonds is 6. The number of ether oxygens (including phenoxy) is 1. The van der Waals surface area contributed by atoms with Crippen LogP contribution in [-0.4, -0.2) is 30.9 Å². The normalized spacial score (nSPS) is 15.6. The van der Waals surface area contributed by atoms with Gasteiger partial charge in [0.1, 0.15) is 11.4 Å². The van der Waals surface area contributed by atoms with Gasteiger partial charge in [-0.25, -0.2) is 4.39 Å². The van der Waals surface area contributed by atoms with Crippen molar-refractivity contribution in [1.29, 1.82) is 0 Å². The van der Waals surface area contributed by atoms with Crippen molar-refractivity contribution in [3.8, 4) is 0 Å². The maximum atomic E-state index is 12.8. The number of halogens is 1. The Kier molecular flexibility index (Phi) is 5.82. The summed E-state index contributed by atoms with van der Waals surface area (Å²) < 4.78 is 17.6. The molecule has 0 radical (unpaired) electrons. The Labute approximate surface area is 117 Å². The van der Waals surface area contributed by atoms with E-state index in [4.69, 9.17) is 4.74 Å². The SMILES string of the molecule is CNC(C)(CC(C)Sc1ccc(F)cc1)C(=O)OC. The second-order valence-electron chi connectivity index (χ2n) is 4.66. The highest BCUT2D eigenvalue weighted by atomic mass is 32.2. The van der Waals surface area contributed by atoms with Crippen molar-refractivity contribution in [2.24, 2.45) is 0 Å². The van der Waals surface area contributed by atoms with Gasteiger partial charge in [0.25, 0.3) is 0 Å². The van der Waals surface area contributed by atoms with E-state index in [0.29, 0.717) is 6.42 Å². The molecule has 1 rings (SSSR count). The van der Waals surface area contributed by atoms with Crippen LogP contribution < -0.4 is 5.32 Å². The number of methoxy groups -OCH3 is 1. The molecule has 2 unspecified atom stereocenters. The second kappa shape index (κ2) is 6.91. The molecule has 0 fully saturated rings. The third-order valence-corrected chi connectivity index (χ3v) is 4.15. The molecule has 106 valence electrons. The number of hydrogen-bond donors (Lipinski definition) is 1. The molecule has 3 nitrogen and oxygen atoms in total. The fraction of sp³-hybridized carbons (Fsp3) is 0.500. The summed E-state index contributed by atoms with van der Waals surface area (Å²) in [5, 5.41) is 3.20. The predicted octanol–water partition coefficient (Wildman–Crippen LogP) is 2.85. The summed E-state index contributed by atoms with van der Waals surface area (Å²) >= 11 is 1.61. The summed E-state index contributed by atoms with van der Waals surface area (Å²) in [5.74, 6) is -0.520. The first-order valence-electron chi connectivity index (χ1n) is 6.11. The molecule has 0 saturated heterocycles. The molecule has 1 aromatic rings. The van der Waals surface area contributed by atoms with Crippen LogP contribution in [0.3, 0.4) is 0 Å². The van der Waals surface area contributed by atoms with E-state index in [2.05, 4.69) is 5.32 Å². The molecule has 1 aromatic carbocycles. The molecular weight excluding hydrogens is 265 g/mol. The van der Waals surface area contributed by atoms with Crippen LogP contribution >= 0.6 is 11.8 Å². The number of carbonyl (C=O) groups is 1. The van der Waals surface area contributed by atoms with Gasteiger partial charge in [0, 0.05) is 10.1 Å². The first-order chi connectivity index (χ1) is 8.91. The van der Waals surface area contributed by atoms with Crippen LogP contribution in [0.5, 0.6) is 0 Å². The predicted molar refractivity (Wildman–Crippen MR) is 75.8 cm³/mol. The Hall–Kier alpha value is -1.07. The average molecular weight is 285 g/mol. The van der Waals surface area contributed by atoms with Gasteiger partial charge < -0.3 is 10.1 Å². The molecule has 2 atom stereocenters. The Morgan fingerprint density at radius 1 is 1.47 bits per heavy atom. The number of nitrogens with one attached hydrogen (secondary N) is 1. The summed E-state index contributed by atoms with van der Waals surface area (Å²) in [6, 6.07) is 6.36. The molecule has 0 aliphatic heterocycles. The van der Waals surface area contributed by atoms with Crippen LogP contribution in [0.1, 0.15) is 20.3 Å². The quantitative estimate of drug-likeness (QED) is 0.644. The van der Waals surface area contributed by atoms with Crippen molar-refractivity contribution in [2.45, 2.75) is 36.0 Å². The molecule has 0 aromatic heterocycles. The number of benzene rings is 1. The summed E-state index contributed by atoms with van der Waals surface area (Å²) in [6.45, 7) is 3.85. The van der Waals surface area contributed by atoms with E-state index in [1.54, 1.807) is 30.9 Å². The highest BCUT2D eigenvalue weighted by Gasteiger charge is 2.34. The van der Waals surface area contributed by atoms with Gasteiger partial charge in [-0.3, -0.25) is 4.79 Å². The highest BCUT2D eigenvalue weighted by molar-refractivity contribution is 7.99. The van der Waals surface area contributed by atoms with Crippen LogP contribution in [0.2, 0.25) is 0 Å². The summed E-state index contributed by atoms with van der Waals surface area (Å²) in [7, 11) is 3.13. The lowest BCUT2D eigenvalue weighted by Gasteiger charge is -2.28. The largest absolute Gasteiger partial charge is 0.468 e. The van der Waals surface area contributed by atoms with Gasteiger partial charge in [0.15, 0.2) is 0 Å². The molecule has 19 heavy (non-hydrogen) atoms. The van der Waals surface area contributed by atoms with Crippen LogP contribution in [0.15, 0.2) is 29.2 Å². The molecular formula is C14H20FNO2S. The number of carbonyl (C=O) groups excluding carboxylic acids is 1. The third-order valence-electron chi connectivity index (χ3n) is 3.03. The van der Waals surface area contributed by atoms with Crippen molar-refractivity contribution in [2.75, 3.05) is 14.2 Å². The topological polar surface area (TPSA) is 38.3 Å². The van der Waals surface area contributed by atoms with Crippen LogP contribution in [0.4, 0.5) is 4.39 Å². The average Bonchev–Trinajstić information content (AvgIpc) is 2.40. The fourth-order valence-corrected chi connectivity index (χ4v) is 3.05. The van der Waals surface area contributed by atoms with Crippen LogP contribution in [0.25, 0.3) is 0 Å². The van der Waals surface area contributed by atoms with E-state index in [-0.39, 0.29) is 17.0 Å². The third kappa shape index (κ3) is 4.51. The summed E-state index contributed by atoms with van der Waals surface area (Å²) in [4.78, 5) is 12.7. The van der Waals surface area contributed by atoms with Gasteiger partial charge in [-0.05, 0) is 44.7 Å². The Morgan fingerprint density at radius 2 is 2.05 bits per heavy atom. The zero-order chi connectivity index (χ0) is 14.5. The van der Waals surface area contributed by atoms with Gasteiger partial charge in [-0.2, -0.15) is 0 Å². The minimum Gasteiger partial charge on any atom is -0.468 e. The van der Waals surface area contributed by atoms with E-state index in [0.717, 1.165) is 4.90 Å². The van der Waals surface area contributed by atoms with Gasteiger partial charge in [0.2, 0.25) is 0 Å². The Balaban J connectivity index is 2.65. The van der Waals surface area contributed by atoms with Crippen molar-refractivity contribution < 1.29 is 13.9 Å². The van der Waals surface area contributed by atoms with Crippen molar-refractivity contribution in [1.82, 2.24) is 5.32 Å². The Bertz CT molecular complexity index is 424. The Morgan fingerprint density at radius 3 is 2.53 bits per heavy atom. The van der Waals surface area contributed by atoms with E-state index >= 15 is 0 Å². The molecule has 0 amide bonds. The van der Waals surface area contributed by atoms with Crippen LogP contribution in [-0.2, 0) is 9.53 Å². The number of esters is 1. The lowest BCUT2D eigenvalue weighted by atomic mass is 9.96. The molecule has 0 aliphatic carbocycles. The van der Waals surface area contributed by atoms with Gasteiger partial charge in [0.05, 0.1) is 7.11 Å². The number of hydrogen-bond acceptors (Lipinski definition) is 4. The summed E-state index contributed by atoms with van der Waals surface area (Å²) in [5.41, 5.74) is -0.707. The standard InChI is InChI=1S/C14H20FNO2S/c1-10(9-14(2,16-3)13(17)18-4)19-12-7-5-11(15)6-8-12/h5-8,10,16H,9H2,1-4H3. The van der Waals surface area contributed by atoms with E-state index < -0.39 is 5.54 Å². The first-order valence-corrected chi connectivity index (χ1v) is 6.99. The minimum atomic E-state index is -0.707. The molecule has 1 N–H and O–H groups in total. The van der Waals surface area contributed by atoms with Crippen molar-refractivity contribution in [3.63, 3.8) is 0 Å². The molecule has 0 heterocycles. The second-order valence-corrected chi connectivity index (χ2v) is 6.17. The zero-order valence-electron chi connectivity index (χ0n) is 11.7. The first kappa shape index (κ1) is 16.0. The fourth-order valence-electron chi connectivity index (χ4n) is 1.87. The molecule has 0 spiro atoms. The van der Waals surface area contributed by atoms with Crippen molar-refractivity contribution in [3.05, 3.63) is 30.1 Å². The monoisotopic (exact) mass is 285 g/mol. The van der Waals surface area contributed by atoms with E-state index in [9.17, 15) is 9.18 Å². The zero-order valence-corrected chi connectivity index (χ0v) is 12.5. The van der Waals surface area contributed by atoms with Crippen LogP contribution in [0, 0.1) is 5.82 Å². The van der Waals surface area contributed by atoms with Crippen molar-refractivity contribution >= 4 is 17.7 Å². The number of likely N-dealkylation sites (N-methyl/N-ethyl adjacent to an activating group) is 1. The molecule has 5 heteroatoms. The molecule has 0 bridgehead atoms. The summed E-state index contributed by atoms with van der Waals surface area (Å²) in [6.07, 6.45) is 0.623. The molecule has 0 saturated carbocycles. The number of thioether (sulfide) groups is 1. The molecule has 0 aliphatic rings. The lowest BCUT2D eigenvalue weighted by molar-refractivity contribution is -0.147. The highest BCUT2D eigenvalue weighted by Crippen LogP contribution is 2.29. The smallest absolute Gasteiger partial charge is 0.325 e. The van der Waals surface area contributed by atoms with Gasteiger partial charge in [-0.15, -0.1) is 11.8 Å². The minimum absolute atomic E-state index is 0.196. The lowest BCUT2D eigenvalue weighted by Crippen LogP contribution is -2.49. The van der Waals surface area contributed by atoms with E-state index in [1.807, 2.05) is 13.8 Å². The van der Waals surface area contributed by atoms with E-state index in [1.165, 1.54) is 19.2 Å². The maximum Gasteiger partial charge on any atom is 0.325 e. The van der Waals surface area contributed by atoms with Gasteiger partial charge in [-0.1, -0.05) is 6.92 Å².